The van der Waals surface area contributed by atoms with E-state index in [0.29, 0.717) is 24.2 Å². The Hall–Kier alpha value is -2.95. The van der Waals surface area contributed by atoms with Crippen LogP contribution in [-0.4, -0.2) is 24.1 Å². The van der Waals surface area contributed by atoms with Crippen LogP contribution in [0.25, 0.3) is 0 Å². The molecule has 2 aromatic rings. The van der Waals surface area contributed by atoms with Crippen molar-refractivity contribution >= 4 is 29.0 Å². The van der Waals surface area contributed by atoms with Crippen molar-refractivity contribution in [2.24, 2.45) is 0 Å². The zero-order valence-electron chi connectivity index (χ0n) is 15.5. The van der Waals surface area contributed by atoms with Crippen LogP contribution in [0.3, 0.4) is 0 Å². The Morgan fingerprint density at radius 1 is 1.07 bits per heavy atom. The second-order valence-corrected chi connectivity index (χ2v) is 6.72. The van der Waals surface area contributed by atoms with Gasteiger partial charge in [0.1, 0.15) is 0 Å². The Morgan fingerprint density at radius 2 is 1.85 bits per heavy atom. The Balaban J connectivity index is 1.54. The Morgan fingerprint density at radius 3 is 2.52 bits per heavy atom. The van der Waals surface area contributed by atoms with E-state index in [9.17, 15) is 14.4 Å². The van der Waals surface area contributed by atoms with Gasteiger partial charge in [-0.1, -0.05) is 37.3 Å². The number of amides is 2. The van der Waals surface area contributed by atoms with Gasteiger partial charge >= 0.3 is 0 Å². The van der Waals surface area contributed by atoms with E-state index in [1.54, 1.807) is 17.0 Å². The minimum atomic E-state index is -0.210. The molecule has 0 spiro atoms. The first-order valence-electron chi connectivity index (χ1n) is 9.39. The molecule has 3 rings (SSSR count). The van der Waals surface area contributed by atoms with Crippen LogP contribution < -0.4 is 10.2 Å². The third kappa shape index (κ3) is 4.82. The summed E-state index contributed by atoms with van der Waals surface area (Å²) in [6, 6.07) is 14.8. The summed E-state index contributed by atoms with van der Waals surface area (Å²) in [5.41, 5.74) is 3.24. The molecule has 1 aliphatic heterocycles. The largest absolute Gasteiger partial charge is 0.326 e. The molecule has 1 saturated heterocycles. The van der Waals surface area contributed by atoms with Crippen molar-refractivity contribution in [2.75, 3.05) is 16.8 Å². The molecule has 0 radical (unpaired) electrons. The Bertz CT molecular complexity index is 843. The van der Waals surface area contributed by atoms with Gasteiger partial charge in [-0.25, -0.2) is 0 Å². The lowest BCUT2D eigenvalue weighted by Crippen LogP contribution is -2.23. The summed E-state index contributed by atoms with van der Waals surface area (Å²) in [6.45, 7) is 2.78. The number of aryl methyl sites for hydroxylation is 1. The molecule has 0 bridgehead atoms. The molecule has 1 heterocycles. The number of nitrogens with zero attached hydrogens (tertiary/aromatic N) is 1. The number of nitrogens with one attached hydrogen (secondary N) is 1. The van der Waals surface area contributed by atoms with E-state index in [1.165, 1.54) is 5.56 Å². The van der Waals surface area contributed by atoms with Crippen LogP contribution in [0, 0.1) is 0 Å². The van der Waals surface area contributed by atoms with Crippen molar-refractivity contribution in [1.82, 2.24) is 0 Å². The van der Waals surface area contributed by atoms with Gasteiger partial charge < -0.3 is 10.2 Å². The van der Waals surface area contributed by atoms with Gasteiger partial charge in [0, 0.05) is 42.7 Å². The van der Waals surface area contributed by atoms with Gasteiger partial charge in [-0.2, -0.15) is 0 Å². The van der Waals surface area contributed by atoms with E-state index < -0.39 is 0 Å². The number of Topliss-reactive ketones (excluding diaryl/α,β-unsaturated/α-hetero) is 1. The van der Waals surface area contributed by atoms with E-state index in [2.05, 4.69) is 12.2 Å². The molecule has 27 heavy (non-hydrogen) atoms. The Labute approximate surface area is 159 Å². The van der Waals surface area contributed by atoms with Crippen LogP contribution in [0.15, 0.2) is 48.5 Å². The van der Waals surface area contributed by atoms with Gasteiger partial charge in [-0.3, -0.25) is 14.4 Å². The van der Waals surface area contributed by atoms with Crippen molar-refractivity contribution in [1.29, 1.82) is 0 Å². The Kier molecular flexibility index (Phi) is 6.01. The van der Waals surface area contributed by atoms with Crippen LogP contribution in [0.5, 0.6) is 0 Å². The third-order valence-electron chi connectivity index (χ3n) is 4.78. The maximum absolute atomic E-state index is 12.2. The second kappa shape index (κ2) is 8.62. The molecule has 0 atom stereocenters. The predicted molar refractivity (Wildman–Crippen MR) is 106 cm³/mol. The highest BCUT2D eigenvalue weighted by atomic mass is 16.2. The van der Waals surface area contributed by atoms with E-state index in [1.807, 2.05) is 36.4 Å². The van der Waals surface area contributed by atoms with E-state index >= 15 is 0 Å². The molecule has 2 aromatic carbocycles. The van der Waals surface area contributed by atoms with Gasteiger partial charge in [-0.05, 0) is 36.6 Å². The zero-order chi connectivity index (χ0) is 19.2. The van der Waals surface area contributed by atoms with E-state index in [4.69, 9.17) is 0 Å². The fourth-order valence-corrected chi connectivity index (χ4v) is 3.19. The van der Waals surface area contributed by atoms with Crippen LogP contribution in [-0.2, 0) is 16.0 Å². The summed E-state index contributed by atoms with van der Waals surface area (Å²) in [7, 11) is 0. The quantitative estimate of drug-likeness (QED) is 0.756. The lowest BCUT2D eigenvalue weighted by molar-refractivity contribution is -0.117. The zero-order valence-corrected chi connectivity index (χ0v) is 15.5. The van der Waals surface area contributed by atoms with Crippen molar-refractivity contribution < 1.29 is 14.4 Å². The van der Waals surface area contributed by atoms with Gasteiger partial charge in [0.05, 0.1) is 0 Å². The molecule has 140 valence electrons. The maximum atomic E-state index is 12.2. The number of benzene rings is 2. The summed E-state index contributed by atoms with van der Waals surface area (Å²) in [5, 5.41) is 2.82. The molecule has 1 N–H and O–H groups in total. The first-order chi connectivity index (χ1) is 13.1. The van der Waals surface area contributed by atoms with Crippen LogP contribution >= 0.6 is 0 Å². The van der Waals surface area contributed by atoms with E-state index in [0.717, 1.165) is 18.5 Å². The van der Waals surface area contributed by atoms with Gasteiger partial charge in [0.2, 0.25) is 11.8 Å². The number of hydrogen-bond donors (Lipinski definition) is 1. The molecular formula is C22H24N2O3. The minimum absolute atomic E-state index is 0.0378. The maximum Gasteiger partial charge on any atom is 0.227 e. The smallest absolute Gasteiger partial charge is 0.227 e. The average molecular weight is 364 g/mol. The van der Waals surface area contributed by atoms with E-state index in [-0.39, 0.29) is 30.4 Å². The lowest BCUT2D eigenvalue weighted by Gasteiger charge is -2.16. The highest BCUT2D eigenvalue weighted by Gasteiger charge is 2.21. The SMILES string of the molecule is CCc1ccc(C(=O)CCC(=O)Nc2cccc(N3CCCC3=O)c2)cc1. The molecule has 1 aliphatic rings. The minimum Gasteiger partial charge on any atom is -0.326 e. The molecule has 5 nitrogen and oxygen atoms in total. The standard InChI is InChI=1S/C22H24N2O3/c1-2-16-8-10-17(11-9-16)20(25)12-13-21(26)23-18-5-3-6-19(15-18)24-14-4-7-22(24)27/h3,5-6,8-11,15H,2,4,7,12-14H2,1H3,(H,23,26). The molecule has 0 aromatic heterocycles. The second-order valence-electron chi connectivity index (χ2n) is 6.72. The molecule has 1 fully saturated rings. The number of carbonyl (C=O) groups excluding carboxylic acids is 3. The monoisotopic (exact) mass is 364 g/mol. The lowest BCUT2D eigenvalue weighted by atomic mass is 10.0. The molecule has 0 unspecified atom stereocenters. The number of carbonyl (C=O) groups is 3. The molecule has 0 aliphatic carbocycles. The molecule has 5 heteroatoms. The first kappa shape index (κ1) is 18.8. The summed E-state index contributed by atoms with van der Waals surface area (Å²) < 4.78 is 0. The summed E-state index contributed by atoms with van der Waals surface area (Å²) in [4.78, 5) is 38.0. The van der Waals surface area contributed by atoms with Gasteiger partial charge in [-0.15, -0.1) is 0 Å². The molecular weight excluding hydrogens is 340 g/mol. The van der Waals surface area contributed by atoms with Crippen LogP contribution in [0.2, 0.25) is 0 Å². The van der Waals surface area contributed by atoms with Crippen molar-refractivity contribution in [2.45, 2.75) is 39.0 Å². The fourth-order valence-electron chi connectivity index (χ4n) is 3.19. The first-order valence-corrected chi connectivity index (χ1v) is 9.39. The number of anilines is 2. The fraction of sp³-hybridized carbons (Fsp3) is 0.318. The van der Waals surface area contributed by atoms with Crippen LogP contribution in [0.4, 0.5) is 11.4 Å². The van der Waals surface area contributed by atoms with Gasteiger partial charge in [0.25, 0.3) is 0 Å². The predicted octanol–water partition coefficient (Wildman–Crippen LogP) is 3.98. The van der Waals surface area contributed by atoms with Crippen LogP contribution in [0.1, 0.15) is 48.5 Å². The highest BCUT2D eigenvalue weighted by molar-refractivity contribution is 6.00. The number of hydrogen-bond acceptors (Lipinski definition) is 3. The molecule has 0 saturated carbocycles. The number of ketones is 1. The van der Waals surface area contributed by atoms with Crippen molar-refractivity contribution in [3.05, 3.63) is 59.7 Å². The topological polar surface area (TPSA) is 66.5 Å². The number of rotatable bonds is 7. The van der Waals surface area contributed by atoms with Gasteiger partial charge in [0.15, 0.2) is 5.78 Å². The third-order valence-corrected chi connectivity index (χ3v) is 4.78. The normalized spacial score (nSPS) is 13.7. The van der Waals surface area contributed by atoms with Crippen molar-refractivity contribution in [3.8, 4) is 0 Å². The molecule has 2 amide bonds. The highest BCUT2D eigenvalue weighted by Crippen LogP contribution is 2.24. The summed E-state index contributed by atoms with van der Waals surface area (Å²) >= 11 is 0. The summed E-state index contributed by atoms with van der Waals surface area (Å²) in [6.07, 6.45) is 2.65. The van der Waals surface area contributed by atoms with Crippen molar-refractivity contribution in [3.63, 3.8) is 0 Å². The summed E-state index contributed by atoms with van der Waals surface area (Å²) in [5.74, 6) is -0.138. The average Bonchev–Trinajstić information content (AvgIpc) is 3.12.